The fourth-order valence-corrected chi connectivity index (χ4v) is 2.38. The fraction of sp³-hybridized carbons (Fsp3) is 0.0588. The standard InChI is InChI=1S/C17H14N6O/c1-24-13-5-3-12(4-6-13)21-16-18-9-7-14(22-16)15-11-20-17-19-8-2-10-23(15)17/h2-11H,1H3,(H,18,21,22). The minimum absolute atomic E-state index is 0.511. The molecule has 0 aliphatic rings. The van der Waals surface area contributed by atoms with Crippen LogP contribution in [0.5, 0.6) is 5.75 Å². The van der Waals surface area contributed by atoms with Gasteiger partial charge in [-0.15, -0.1) is 0 Å². The van der Waals surface area contributed by atoms with E-state index in [0.717, 1.165) is 22.8 Å². The number of imidazole rings is 1. The summed E-state index contributed by atoms with van der Waals surface area (Å²) in [5.74, 6) is 1.95. The lowest BCUT2D eigenvalue weighted by atomic mass is 10.3. The first-order valence-corrected chi connectivity index (χ1v) is 7.36. The molecule has 0 radical (unpaired) electrons. The van der Waals surface area contributed by atoms with Crippen molar-refractivity contribution in [3.63, 3.8) is 0 Å². The minimum atomic E-state index is 0.511. The highest BCUT2D eigenvalue weighted by Gasteiger charge is 2.09. The third-order valence-electron chi connectivity index (χ3n) is 3.55. The number of fused-ring (bicyclic) bond motifs is 1. The Kier molecular flexibility index (Phi) is 3.51. The van der Waals surface area contributed by atoms with Gasteiger partial charge in [0.1, 0.15) is 5.75 Å². The van der Waals surface area contributed by atoms with E-state index in [-0.39, 0.29) is 0 Å². The molecule has 0 spiro atoms. The van der Waals surface area contributed by atoms with Crippen LogP contribution >= 0.6 is 0 Å². The molecule has 3 aromatic heterocycles. The quantitative estimate of drug-likeness (QED) is 0.623. The van der Waals surface area contributed by atoms with Crippen LogP contribution in [-0.4, -0.2) is 31.4 Å². The zero-order chi connectivity index (χ0) is 16.4. The number of aromatic nitrogens is 5. The Morgan fingerprint density at radius 3 is 2.71 bits per heavy atom. The number of benzene rings is 1. The lowest BCUT2D eigenvalue weighted by Crippen LogP contribution is -1.99. The van der Waals surface area contributed by atoms with E-state index in [2.05, 4.69) is 25.3 Å². The van der Waals surface area contributed by atoms with Gasteiger partial charge in [-0.1, -0.05) is 0 Å². The lowest BCUT2D eigenvalue weighted by molar-refractivity contribution is 0.415. The molecule has 0 aliphatic heterocycles. The summed E-state index contributed by atoms with van der Waals surface area (Å²) in [6, 6.07) is 11.3. The third-order valence-corrected chi connectivity index (χ3v) is 3.55. The first kappa shape index (κ1) is 14.1. The van der Waals surface area contributed by atoms with E-state index in [0.29, 0.717) is 11.7 Å². The molecule has 0 unspecified atom stereocenters. The Balaban J connectivity index is 1.66. The molecule has 1 N–H and O–H groups in total. The summed E-state index contributed by atoms with van der Waals surface area (Å²) in [7, 11) is 1.64. The van der Waals surface area contributed by atoms with Gasteiger partial charge in [0.15, 0.2) is 0 Å². The van der Waals surface area contributed by atoms with E-state index in [1.807, 2.05) is 47.0 Å². The van der Waals surface area contributed by atoms with Crippen LogP contribution in [0.25, 0.3) is 17.2 Å². The fourth-order valence-electron chi connectivity index (χ4n) is 2.38. The topological polar surface area (TPSA) is 77.2 Å². The van der Waals surface area contributed by atoms with Crippen molar-refractivity contribution in [1.82, 2.24) is 24.3 Å². The van der Waals surface area contributed by atoms with E-state index in [1.54, 1.807) is 25.7 Å². The highest BCUT2D eigenvalue weighted by molar-refractivity contribution is 5.61. The number of rotatable bonds is 4. The van der Waals surface area contributed by atoms with Gasteiger partial charge in [-0.25, -0.2) is 19.9 Å². The molecule has 7 heteroatoms. The lowest BCUT2D eigenvalue weighted by Gasteiger charge is -2.07. The average Bonchev–Trinajstić information content (AvgIpc) is 3.07. The van der Waals surface area contributed by atoms with Crippen LogP contribution in [0, 0.1) is 0 Å². The number of hydrogen-bond acceptors (Lipinski definition) is 6. The molecule has 0 amide bonds. The first-order valence-electron chi connectivity index (χ1n) is 7.36. The Morgan fingerprint density at radius 2 is 1.88 bits per heavy atom. The van der Waals surface area contributed by atoms with Crippen LogP contribution < -0.4 is 10.1 Å². The average molecular weight is 318 g/mol. The van der Waals surface area contributed by atoms with Crippen molar-refractivity contribution >= 4 is 17.4 Å². The van der Waals surface area contributed by atoms with Crippen molar-refractivity contribution in [2.45, 2.75) is 0 Å². The number of methoxy groups -OCH3 is 1. The van der Waals surface area contributed by atoms with Crippen LogP contribution in [0.1, 0.15) is 0 Å². The van der Waals surface area contributed by atoms with Gasteiger partial charge in [-0.3, -0.25) is 4.40 Å². The zero-order valence-corrected chi connectivity index (χ0v) is 12.9. The number of anilines is 2. The summed E-state index contributed by atoms with van der Waals surface area (Å²) in [4.78, 5) is 17.3. The maximum Gasteiger partial charge on any atom is 0.234 e. The monoisotopic (exact) mass is 318 g/mol. The van der Waals surface area contributed by atoms with Crippen molar-refractivity contribution in [2.24, 2.45) is 0 Å². The summed E-state index contributed by atoms with van der Waals surface area (Å²) >= 11 is 0. The Bertz CT molecular complexity index is 980. The predicted octanol–water partition coefficient (Wildman–Crippen LogP) is 2.94. The van der Waals surface area contributed by atoms with Crippen LogP contribution in [0.15, 0.2) is 61.2 Å². The Morgan fingerprint density at radius 1 is 1.00 bits per heavy atom. The van der Waals surface area contributed by atoms with Crippen LogP contribution in [0.4, 0.5) is 11.6 Å². The van der Waals surface area contributed by atoms with Gasteiger partial charge < -0.3 is 10.1 Å². The van der Waals surface area contributed by atoms with Gasteiger partial charge in [-0.2, -0.15) is 0 Å². The van der Waals surface area contributed by atoms with Crippen molar-refractivity contribution in [1.29, 1.82) is 0 Å². The summed E-state index contributed by atoms with van der Waals surface area (Å²) < 4.78 is 7.04. The summed E-state index contributed by atoms with van der Waals surface area (Å²) in [5, 5.41) is 3.18. The molecular weight excluding hydrogens is 304 g/mol. The number of hydrogen-bond donors (Lipinski definition) is 1. The summed E-state index contributed by atoms with van der Waals surface area (Å²) in [5.41, 5.74) is 2.51. The van der Waals surface area contributed by atoms with E-state index >= 15 is 0 Å². The van der Waals surface area contributed by atoms with Crippen molar-refractivity contribution < 1.29 is 4.74 Å². The van der Waals surface area contributed by atoms with E-state index in [9.17, 15) is 0 Å². The molecule has 24 heavy (non-hydrogen) atoms. The summed E-state index contributed by atoms with van der Waals surface area (Å²) in [6.45, 7) is 0. The van der Waals surface area contributed by atoms with Crippen molar-refractivity contribution in [3.05, 3.63) is 61.2 Å². The minimum Gasteiger partial charge on any atom is -0.497 e. The van der Waals surface area contributed by atoms with Gasteiger partial charge >= 0.3 is 0 Å². The van der Waals surface area contributed by atoms with Crippen LogP contribution in [-0.2, 0) is 0 Å². The maximum absolute atomic E-state index is 5.15. The second kappa shape index (κ2) is 5.96. The smallest absolute Gasteiger partial charge is 0.234 e. The Hall–Kier alpha value is -3.48. The van der Waals surface area contributed by atoms with Crippen LogP contribution in [0.3, 0.4) is 0 Å². The van der Waals surface area contributed by atoms with Gasteiger partial charge in [0.2, 0.25) is 11.7 Å². The van der Waals surface area contributed by atoms with Gasteiger partial charge in [0.25, 0.3) is 0 Å². The molecule has 4 rings (SSSR count). The molecule has 7 nitrogen and oxygen atoms in total. The molecule has 0 atom stereocenters. The molecule has 1 aromatic carbocycles. The van der Waals surface area contributed by atoms with E-state index in [4.69, 9.17) is 4.74 Å². The molecule has 0 bridgehead atoms. The first-order chi connectivity index (χ1) is 11.8. The largest absolute Gasteiger partial charge is 0.497 e. The van der Waals surface area contributed by atoms with Gasteiger partial charge in [-0.05, 0) is 36.4 Å². The number of nitrogens with one attached hydrogen (secondary N) is 1. The SMILES string of the molecule is COc1ccc(Nc2nccc(-c3cnc4ncccn34)n2)cc1. The number of nitrogens with zero attached hydrogens (tertiary/aromatic N) is 5. The number of ether oxygens (including phenoxy) is 1. The molecular formula is C17H14N6O. The Labute approximate surface area is 138 Å². The second-order valence-electron chi connectivity index (χ2n) is 5.05. The molecule has 0 saturated carbocycles. The molecule has 3 heterocycles. The summed E-state index contributed by atoms with van der Waals surface area (Å²) in [6.07, 6.45) is 7.08. The zero-order valence-electron chi connectivity index (χ0n) is 12.9. The van der Waals surface area contributed by atoms with E-state index < -0.39 is 0 Å². The van der Waals surface area contributed by atoms with Crippen molar-refractivity contribution in [2.75, 3.05) is 12.4 Å². The molecule has 4 aromatic rings. The third kappa shape index (κ3) is 2.63. The molecule has 118 valence electrons. The van der Waals surface area contributed by atoms with Gasteiger partial charge in [0, 0.05) is 24.3 Å². The van der Waals surface area contributed by atoms with Crippen LogP contribution in [0.2, 0.25) is 0 Å². The van der Waals surface area contributed by atoms with Gasteiger partial charge in [0.05, 0.1) is 24.7 Å². The normalized spacial score (nSPS) is 10.7. The second-order valence-corrected chi connectivity index (χ2v) is 5.05. The van der Waals surface area contributed by atoms with Crippen molar-refractivity contribution in [3.8, 4) is 17.1 Å². The predicted molar refractivity (Wildman–Crippen MR) is 90.3 cm³/mol. The molecule has 0 saturated heterocycles. The molecule has 0 aliphatic carbocycles. The highest BCUT2D eigenvalue weighted by atomic mass is 16.5. The van der Waals surface area contributed by atoms with E-state index in [1.165, 1.54) is 0 Å². The molecule has 0 fully saturated rings. The maximum atomic E-state index is 5.15. The highest BCUT2D eigenvalue weighted by Crippen LogP contribution is 2.21.